The zero-order valence-electron chi connectivity index (χ0n) is 21.1. The fourth-order valence-corrected chi connectivity index (χ4v) is 6.63. The van der Waals surface area contributed by atoms with Crippen molar-refractivity contribution in [1.82, 2.24) is 4.57 Å². The molecule has 0 bridgehead atoms. The first-order chi connectivity index (χ1) is 18.4. The van der Waals surface area contributed by atoms with Crippen LogP contribution in [-0.4, -0.2) is 21.7 Å². The summed E-state index contributed by atoms with van der Waals surface area (Å²) in [5.74, 6) is 0. The van der Waals surface area contributed by atoms with Crippen molar-refractivity contribution >= 4 is 56.3 Å². The van der Waals surface area contributed by atoms with Crippen molar-refractivity contribution in [2.45, 2.75) is 19.3 Å². The SMILES string of the molecule is CC1(C)c2ccccc2-c2cc3c4ccccc4n(-c4cccc5c4oc4c(B(O)O)cccc45)c3cc21. The molecule has 2 heterocycles. The number of rotatable bonds is 2. The van der Waals surface area contributed by atoms with Crippen LogP contribution in [0.5, 0.6) is 0 Å². The topological polar surface area (TPSA) is 58.5 Å². The van der Waals surface area contributed by atoms with E-state index in [1.54, 1.807) is 6.07 Å². The van der Waals surface area contributed by atoms with Gasteiger partial charge in [-0.2, -0.15) is 0 Å². The first-order valence-electron chi connectivity index (χ1n) is 12.9. The van der Waals surface area contributed by atoms with Gasteiger partial charge in [-0.1, -0.05) is 86.6 Å². The van der Waals surface area contributed by atoms with E-state index in [9.17, 15) is 10.0 Å². The standard InChI is InChI=1S/C33H24BNO3/c1-33(2)25-13-5-3-9-19(25)23-17-24-20-10-4-6-15-28(20)35(30(24)18-26(23)33)29-16-8-12-22-21-11-7-14-27(34(36)37)31(21)38-32(22)29/h3-18,36-37H,1-2H3. The molecule has 0 fully saturated rings. The van der Waals surface area contributed by atoms with Crippen LogP contribution < -0.4 is 5.46 Å². The highest BCUT2D eigenvalue weighted by Gasteiger charge is 2.36. The van der Waals surface area contributed by atoms with Crippen LogP contribution >= 0.6 is 0 Å². The third kappa shape index (κ3) is 2.67. The summed E-state index contributed by atoms with van der Waals surface area (Å²) < 4.78 is 8.74. The molecule has 5 heteroatoms. The molecule has 0 aliphatic heterocycles. The normalized spacial score (nSPS) is 14.0. The van der Waals surface area contributed by atoms with Gasteiger partial charge in [0.25, 0.3) is 0 Å². The monoisotopic (exact) mass is 493 g/mol. The molecule has 0 amide bonds. The van der Waals surface area contributed by atoms with E-state index < -0.39 is 7.12 Å². The second-order valence-corrected chi connectivity index (χ2v) is 10.8. The lowest BCUT2D eigenvalue weighted by Gasteiger charge is -2.21. The molecule has 1 aliphatic rings. The Balaban J connectivity index is 1.51. The summed E-state index contributed by atoms with van der Waals surface area (Å²) in [4.78, 5) is 0. The van der Waals surface area contributed by atoms with Crippen LogP contribution in [0.1, 0.15) is 25.0 Å². The fraction of sp³-hybridized carbons (Fsp3) is 0.0909. The fourth-order valence-electron chi connectivity index (χ4n) is 6.63. The van der Waals surface area contributed by atoms with Gasteiger partial charge >= 0.3 is 7.12 Å². The van der Waals surface area contributed by atoms with Crippen LogP contribution in [0, 0.1) is 0 Å². The van der Waals surface area contributed by atoms with Gasteiger partial charge in [-0.3, -0.25) is 0 Å². The molecule has 0 saturated carbocycles. The summed E-state index contributed by atoms with van der Waals surface area (Å²) in [6.45, 7) is 4.61. The third-order valence-electron chi connectivity index (χ3n) is 8.43. The van der Waals surface area contributed by atoms with Crippen molar-refractivity contribution in [3.8, 4) is 16.8 Å². The Kier molecular flexibility index (Phi) is 4.22. The van der Waals surface area contributed by atoms with E-state index in [4.69, 9.17) is 4.42 Å². The van der Waals surface area contributed by atoms with Crippen molar-refractivity contribution in [2.24, 2.45) is 0 Å². The van der Waals surface area contributed by atoms with Gasteiger partial charge in [0.15, 0.2) is 5.58 Å². The second kappa shape index (κ2) is 7.38. The molecule has 2 aromatic heterocycles. The molecule has 0 unspecified atom stereocenters. The molecule has 2 N–H and O–H groups in total. The Morgan fingerprint density at radius 1 is 0.632 bits per heavy atom. The van der Waals surface area contributed by atoms with Gasteiger partial charge in [-0.25, -0.2) is 0 Å². The molecule has 38 heavy (non-hydrogen) atoms. The maximum Gasteiger partial charge on any atom is 0.492 e. The molecule has 0 radical (unpaired) electrons. The molecule has 7 aromatic rings. The minimum absolute atomic E-state index is 0.112. The van der Waals surface area contributed by atoms with Gasteiger partial charge in [0.05, 0.1) is 16.7 Å². The lowest BCUT2D eigenvalue weighted by molar-refractivity contribution is 0.425. The van der Waals surface area contributed by atoms with Crippen LogP contribution in [0.4, 0.5) is 0 Å². The van der Waals surface area contributed by atoms with Gasteiger partial charge < -0.3 is 19.0 Å². The Labute approximate surface area is 219 Å². The van der Waals surface area contributed by atoms with Crippen molar-refractivity contribution in [3.63, 3.8) is 0 Å². The predicted octanol–water partition coefficient (Wildman–Crippen LogP) is 6.67. The van der Waals surface area contributed by atoms with Gasteiger partial charge in [0.1, 0.15) is 5.58 Å². The Morgan fingerprint density at radius 2 is 1.34 bits per heavy atom. The van der Waals surface area contributed by atoms with Crippen LogP contribution in [0.25, 0.3) is 60.6 Å². The number of nitrogens with zero attached hydrogens (tertiary/aromatic N) is 1. The maximum atomic E-state index is 9.99. The first-order valence-corrected chi connectivity index (χ1v) is 12.9. The van der Waals surface area contributed by atoms with E-state index in [0.29, 0.717) is 11.0 Å². The summed E-state index contributed by atoms with van der Waals surface area (Å²) in [7, 11) is -1.61. The van der Waals surface area contributed by atoms with E-state index in [1.807, 2.05) is 24.3 Å². The first kappa shape index (κ1) is 21.7. The molecule has 4 nitrogen and oxygen atoms in total. The highest BCUT2D eigenvalue weighted by molar-refractivity contribution is 6.61. The van der Waals surface area contributed by atoms with Crippen molar-refractivity contribution in [3.05, 3.63) is 108 Å². The summed E-state index contributed by atoms with van der Waals surface area (Å²) in [5.41, 5.74) is 9.91. The van der Waals surface area contributed by atoms with Gasteiger partial charge in [0, 0.05) is 32.4 Å². The lowest BCUT2D eigenvalue weighted by atomic mass is 9.79. The summed E-state index contributed by atoms with van der Waals surface area (Å²) in [6, 6.07) is 33.6. The van der Waals surface area contributed by atoms with Crippen LogP contribution in [0.2, 0.25) is 0 Å². The van der Waals surface area contributed by atoms with Crippen molar-refractivity contribution < 1.29 is 14.5 Å². The summed E-state index contributed by atoms with van der Waals surface area (Å²) >= 11 is 0. The highest BCUT2D eigenvalue weighted by atomic mass is 16.4. The number of hydrogen-bond donors (Lipinski definition) is 2. The molecular formula is C33H24BNO3. The van der Waals surface area contributed by atoms with Crippen LogP contribution in [0.15, 0.2) is 101 Å². The van der Waals surface area contributed by atoms with Gasteiger partial charge in [-0.15, -0.1) is 0 Å². The number of furan rings is 1. The molecular weight excluding hydrogens is 469 g/mol. The molecule has 0 spiro atoms. The summed E-state index contributed by atoms with van der Waals surface area (Å²) in [6.07, 6.45) is 0. The van der Waals surface area contributed by atoms with E-state index in [-0.39, 0.29) is 5.41 Å². The molecule has 8 rings (SSSR count). The van der Waals surface area contributed by atoms with Gasteiger partial charge in [0.2, 0.25) is 0 Å². The highest BCUT2D eigenvalue weighted by Crippen LogP contribution is 2.51. The molecule has 182 valence electrons. The largest absolute Gasteiger partial charge is 0.492 e. The van der Waals surface area contributed by atoms with E-state index in [2.05, 4.69) is 85.1 Å². The molecule has 0 atom stereocenters. The summed E-state index contributed by atoms with van der Waals surface area (Å²) in [5, 5.41) is 24.2. The number of fused-ring (bicyclic) bond motifs is 9. The smallest absolute Gasteiger partial charge is 0.454 e. The van der Waals surface area contributed by atoms with Gasteiger partial charge in [-0.05, 0) is 46.5 Å². The predicted molar refractivity (Wildman–Crippen MR) is 155 cm³/mol. The quantitative estimate of drug-likeness (QED) is 0.265. The van der Waals surface area contributed by atoms with E-state index in [1.165, 1.54) is 33.0 Å². The molecule has 1 aliphatic carbocycles. The third-order valence-corrected chi connectivity index (χ3v) is 8.43. The second-order valence-electron chi connectivity index (χ2n) is 10.8. The zero-order valence-corrected chi connectivity index (χ0v) is 21.1. The van der Waals surface area contributed by atoms with E-state index >= 15 is 0 Å². The molecule has 0 saturated heterocycles. The van der Waals surface area contributed by atoms with Crippen molar-refractivity contribution in [2.75, 3.05) is 0 Å². The Morgan fingerprint density at radius 3 is 2.18 bits per heavy atom. The number of benzene rings is 5. The minimum Gasteiger partial charge on any atom is -0.454 e. The number of hydrogen-bond acceptors (Lipinski definition) is 3. The lowest BCUT2D eigenvalue weighted by Crippen LogP contribution is -2.29. The maximum absolute atomic E-state index is 9.99. The van der Waals surface area contributed by atoms with Crippen LogP contribution in [-0.2, 0) is 5.41 Å². The average molecular weight is 493 g/mol. The number of aromatic nitrogens is 1. The molecule has 5 aromatic carbocycles. The van der Waals surface area contributed by atoms with Crippen LogP contribution in [0.3, 0.4) is 0 Å². The zero-order chi connectivity index (χ0) is 25.8. The van der Waals surface area contributed by atoms with E-state index in [0.717, 1.165) is 33.1 Å². The Bertz CT molecular complexity index is 2100. The minimum atomic E-state index is -1.61. The van der Waals surface area contributed by atoms with Crippen molar-refractivity contribution in [1.29, 1.82) is 0 Å². The Hall–Kier alpha value is -4.32. The average Bonchev–Trinajstić information content (AvgIpc) is 3.54. The number of para-hydroxylation sites is 3.